The minimum absolute atomic E-state index is 0.105. The molecule has 1 aromatic carbocycles. The molecule has 0 heterocycles. The summed E-state index contributed by atoms with van der Waals surface area (Å²) in [5.74, 6) is 0.527. The van der Waals surface area contributed by atoms with Gasteiger partial charge < -0.3 is 9.84 Å². The predicted octanol–water partition coefficient (Wildman–Crippen LogP) is 4.19. The van der Waals surface area contributed by atoms with Gasteiger partial charge in [0.1, 0.15) is 12.2 Å². The van der Waals surface area contributed by atoms with Gasteiger partial charge in [-0.2, -0.15) is 0 Å². The zero-order valence-electron chi connectivity index (χ0n) is 15.6. The van der Waals surface area contributed by atoms with Crippen LogP contribution in [-0.2, 0) is 9.53 Å². The molecule has 1 aromatic rings. The van der Waals surface area contributed by atoms with Gasteiger partial charge in [-0.05, 0) is 36.2 Å². The topological polar surface area (TPSA) is 89.7 Å². The van der Waals surface area contributed by atoms with E-state index >= 15 is 0 Å². The molecule has 1 saturated carbocycles. The summed E-state index contributed by atoms with van der Waals surface area (Å²) in [6.45, 7) is 10.0. The van der Waals surface area contributed by atoms with Gasteiger partial charge in [0.2, 0.25) is 0 Å². The number of carbonyl (C=O) groups excluding carboxylic acids is 1. The number of nitrogens with zero attached hydrogens (tertiary/aromatic N) is 1. The maximum absolute atomic E-state index is 12.5. The van der Waals surface area contributed by atoms with Gasteiger partial charge in [0, 0.05) is 12.1 Å². The van der Waals surface area contributed by atoms with Crippen LogP contribution in [0.5, 0.6) is 0 Å². The highest BCUT2D eigenvalue weighted by atomic mass is 16.6. The first kappa shape index (κ1) is 20.1. The van der Waals surface area contributed by atoms with Gasteiger partial charge >= 0.3 is 5.97 Å². The normalized spacial score (nSPS) is 24.1. The Balaban J connectivity index is 2.09. The quantitative estimate of drug-likeness (QED) is 0.355. The molecule has 0 aliphatic heterocycles. The third-order valence-corrected chi connectivity index (χ3v) is 5.21. The summed E-state index contributed by atoms with van der Waals surface area (Å²) in [5, 5.41) is 21.3. The van der Waals surface area contributed by atoms with Crippen LogP contribution in [0.1, 0.15) is 51.7 Å². The number of benzene rings is 1. The van der Waals surface area contributed by atoms with Crippen molar-refractivity contribution in [2.75, 3.05) is 0 Å². The number of rotatable bonds is 6. The number of nitro groups is 1. The lowest BCUT2D eigenvalue weighted by atomic mass is 9.75. The lowest BCUT2D eigenvalue weighted by molar-refractivity contribution is -0.385. The number of nitro benzene ring substituents is 1. The molecule has 26 heavy (non-hydrogen) atoms. The van der Waals surface area contributed by atoms with Crippen LogP contribution in [0.4, 0.5) is 5.69 Å². The molecule has 6 heteroatoms. The average molecular weight is 361 g/mol. The first-order valence-electron chi connectivity index (χ1n) is 9.02. The van der Waals surface area contributed by atoms with Crippen LogP contribution in [0, 0.1) is 27.9 Å². The number of carbonyl (C=O) groups is 1. The Morgan fingerprint density at radius 3 is 2.69 bits per heavy atom. The zero-order valence-corrected chi connectivity index (χ0v) is 15.6. The molecule has 2 rings (SSSR count). The first-order valence-corrected chi connectivity index (χ1v) is 9.02. The van der Waals surface area contributed by atoms with Gasteiger partial charge in [-0.3, -0.25) is 10.1 Å². The molecule has 0 amide bonds. The van der Waals surface area contributed by atoms with E-state index in [-0.39, 0.29) is 28.8 Å². The fraction of sp³-hybridized carbons (Fsp3) is 0.550. The van der Waals surface area contributed by atoms with E-state index in [4.69, 9.17) is 4.74 Å². The fourth-order valence-electron chi connectivity index (χ4n) is 3.58. The smallest absolute Gasteiger partial charge is 0.336 e. The fourth-order valence-corrected chi connectivity index (χ4v) is 3.58. The van der Waals surface area contributed by atoms with Crippen LogP contribution in [0.3, 0.4) is 0 Å². The number of hydrogen-bond acceptors (Lipinski definition) is 5. The predicted molar refractivity (Wildman–Crippen MR) is 98.4 cm³/mol. The molecule has 6 nitrogen and oxygen atoms in total. The van der Waals surface area contributed by atoms with E-state index in [9.17, 15) is 20.0 Å². The van der Waals surface area contributed by atoms with E-state index in [1.165, 1.54) is 24.3 Å². The Morgan fingerprint density at radius 1 is 1.38 bits per heavy atom. The lowest BCUT2D eigenvalue weighted by Gasteiger charge is -2.37. The van der Waals surface area contributed by atoms with E-state index in [2.05, 4.69) is 27.4 Å². The number of aliphatic hydroxyl groups excluding tert-OH is 1. The Hall–Kier alpha value is -2.21. The molecular formula is C20H27NO5. The van der Waals surface area contributed by atoms with Crippen molar-refractivity contribution in [2.45, 2.75) is 52.2 Å². The summed E-state index contributed by atoms with van der Waals surface area (Å²) in [7, 11) is 0. The average Bonchev–Trinajstić information content (AvgIpc) is 2.60. The van der Waals surface area contributed by atoms with E-state index in [0.29, 0.717) is 11.8 Å². The molecule has 0 spiro atoms. The summed E-state index contributed by atoms with van der Waals surface area (Å²) >= 11 is 0. The highest BCUT2D eigenvalue weighted by Crippen LogP contribution is 2.36. The summed E-state index contributed by atoms with van der Waals surface area (Å²) < 4.78 is 5.69. The van der Waals surface area contributed by atoms with Crippen molar-refractivity contribution >= 4 is 11.7 Å². The SMILES string of the molecule is C=C(C(=O)O[C@@H]1C[C@H](C)CC[C@H]1C(C)C)C(O)c1cccc([N+](=O)[O-])c1. The van der Waals surface area contributed by atoms with Gasteiger partial charge in [0.05, 0.1) is 10.5 Å². The maximum atomic E-state index is 12.5. The molecule has 1 N–H and O–H groups in total. The van der Waals surface area contributed by atoms with Crippen LogP contribution in [0.2, 0.25) is 0 Å². The standard InChI is InChI=1S/C20H27NO5/c1-12(2)17-9-8-13(3)10-18(17)26-20(23)14(4)19(22)15-6-5-7-16(11-15)21(24)25/h5-7,11-13,17-19,22H,4,8-10H2,1-3H3/t13-,17+,18-,19?/m1/s1. The van der Waals surface area contributed by atoms with Crippen molar-refractivity contribution in [2.24, 2.45) is 17.8 Å². The van der Waals surface area contributed by atoms with Crippen LogP contribution in [0.25, 0.3) is 0 Å². The third-order valence-electron chi connectivity index (χ3n) is 5.21. The van der Waals surface area contributed by atoms with Crippen LogP contribution < -0.4 is 0 Å². The first-order chi connectivity index (χ1) is 12.2. The molecule has 0 saturated heterocycles. The molecule has 4 atom stereocenters. The number of aliphatic hydroxyl groups is 1. The second kappa shape index (κ2) is 8.45. The highest BCUT2D eigenvalue weighted by molar-refractivity contribution is 5.89. The molecule has 1 unspecified atom stereocenters. The van der Waals surface area contributed by atoms with Crippen molar-refractivity contribution in [1.82, 2.24) is 0 Å². The Bertz CT molecular complexity index is 685. The Labute approximate surface area is 154 Å². The van der Waals surface area contributed by atoms with E-state index in [0.717, 1.165) is 19.3 Å². The molecule has 1 fully saturated rings. The van der Waals surface area contributed by atoms with Crippen LogP contribution in [0.15, 0.2) is 36.4 Å². The molecule has 0 bridgehead atoms. The lowest BCUT2D eigenvalue weighted by Crippen LogP contribution is -2.36. The van der Waals surface area contributed by atoms with Crippen molar-refractivity contribution in [3.8, 4) is 0 Å². The van der Waals surface area contributed by atoms with E-state index in [1.807, 2.05) is 0 Å². The number of esters is 1. The molecular weight excluding hydrogens is 334 g/mol. The van der Waals surface area contributed by atoms with E-state index in [1.54, 1.807) is 0 Å². The van der Waals surface area contributed by atoms with Crippen LogP contribution in [-0.4, -0.2) is 22.1 Å². The molecule has 0 aromatic heterocycles. The number of ether oxygens (including phenoxy) is 1. The zero-order chi connectivity index (χ0) is 19.4. The van der Waals surface area contributed by atoms with Crippen molar-refractivity contribution < 1.29 is 19.6 Å². The second-order valence-corrected chi connectivity index (χ2v) is 7.55. The van der Waals surface area contributed by atoms with E-state index < -0.39 is 17.0 Å². The Morgan fingerprint density at radius 2 is 2.08 bits per heavy atom. The number of non-ortho nitro benzene ring substituents is 1. The van der Waals surface area contributed by atoms with Crippen molar-refractivity contribution in [1.29, 1.82) is 0 Å². The minimum atomic E-state index is -1.33. The van der Waals surface area contributed by atoms with Gasteiger partial charge in [0.15, 0.2) is 0 Å². The molecule has 1 aliphatic rings. The maximum Gasteiger partial charge on any atom is 0.336 e. The third kappa shape index (κ3) is 4.69. The van der Waals surface area contributed by atoms with Gasteiger partial charge in [-0.15, -0.1) is 0 Å². The van der Waals surface area contributed by atoms with Crippen molar-refractivity contribution in [3.05, 3.63) is 52.1 Å². The van der Waals surface area contributed by atoms with Gasteiger partial charge in [-0.25, -0.2) is 4.79 Å². The molecule has 142 valence electrons. The molecule has 1 aliphatic carbocycles. The molecule has 0 radical (unpaired) electrons. The second-order valence-electron chi connectivity index (χ2n) is 7.55. The monoisotopic (exact) mass is 361 g/mol. The highest BCUT2D eigenvalue weighted by Gasteiger charge is 2.34. The summed E-state index contributed by atoms with van der Waals surface area (Å²) in [5.41, 5.74) is -0.00602. The van der Waals surface area contributed by atoms with Crippen molar-refractivity contribution in [3.63, 3.8) is 0 Å². The number of hydrogen-bond donors (Lipinski definition) is 1. The largest absolute Gasteiger partial charge is 0.459 e. The summed E-state index contributed by atoms with van der Waals surface area (Å²) in [6, 6.07) is 5.55. The summed E-state index contributed by atoms with van der Waals surface area (Å²) in [6.07, 6.45) is 1.40. The van der Waals surface area contributed by atoms with Gasteiger partial charge in [-0.1, -0.05) is 45.9 Å². The Kier molecular flexibility index (Phi) is 6.53. The summed E-state index contributed by atoms with van der Waals surface area (Å²) in [4.78, 5) is 22.8. The minimum Gasteiger partial charge on any atom is -0.459 e. The van der Waals surface area contributed by atoms with Gasteiger partial charge in [0.25, 0.3) is 5.69 Å². The van der Waals surface area contributed by atoms with Crippen LogP contribution >= 0.6 is 0 Å².